The molecule has 6 nitrogen and oxygen atoms in total. The first-order valence-electron chi connectivity index (χ1n) is 8.59. The fraction of sp³-hybridized carbons (Fsp3) is 0.316. The van der Waals surface area contributed by atoms with Crippen LogP contribution in [0.25, 0.3) is 0 Å². The summed E-state index contributed by atoms with van der Waals surface area (Å²) in [7, 11) is -2.37. The number of hydrogen-bond donors (Lipinski definition) is 1. The van der Waals surface area contributed by atoms with Gasteiger partial charge in [-0.05, 0) is 55.7 Å². The molecule has 2 aromatic rings. The third kappa shape index (κ3) is 4.20. The minimum absolute atomic E-state index is 0.0319. The van der Waals surface area contributed by atoms with E-state index in [1.54, 1.807) is 23.1 Å². The van der Waals surface area contributed by atoms with Crippen molar-refractivity contribution in [3.63, 3.8) is 0 Å². The van der Waals surface area contributed by atoms with Crippen molar-refractivity contribution in [1.29, 1.82) is 0 Å². The molecule has 8 heteroatoms. The molecule has 1 amide bonds. The third-order valence-electron chi connectivity index (χ3n) is 4.51. The predicted octanol–water partition coefficient (Wildman–Crippen LogP) is 3.97. The maximum Gasteiger partial charge on any atom is 0.261 e. The van der Waals surface area contributed by atoms with Crippen LogP contribution in [0.3, 0.4) is 0 Å². The SMILES string of the molecule is COc1ccc(S(=O)(=O)Nc2ccc(C)c(N3CCCCC3=O)c2)cc1Cl. The van der Waals surface area contributed by atoms with Crippen molar-refractivity contribution in [2.75, 3.05) is 23.3 Å². The number of methoxy groups -OCH3 is 1. The molecule has 27 heavy (non-hydrogen) atoms. The Morgan fingerprint density at radius 2 is 1.93 bits per heavy atom. The Kier molecular flexibility index (Phi) is 5.62. The van der Waals surface area contributed by atoms with Gasteiger partial charge in [0.05, 0.1) is 22.7 Å². The summed E-state index contributed by atoms with van der Waals surface area (Å²) in [5.41, 5.74) is 2.04. The van der Waals surface area contributed by atoms with Crippen LogP contribution in [-0.2, 0) is 14.8 Å². The Bertz CT molecular complexity index is 976. The zero-order chi connectivity index (χ0) is 19.6. The highest BCUT2D eigenvalue weighted by Crippen LogP contribution is 2.30. The Balaban J connectivity index is 1.90. The van der Waals surface area contributed by atoms with E-state index in [0.29, 0.717) is 24.4 Å². The summed E-state index contributed by atoms with van der Waals surface area (Å²) in [5.74, 6) is 0.461. The molecule has 1 saturated heterocycles. The zero-order valence-corrected chi connectivity index (χ0v) is 16.7. The van der Waals surface area contributed by atoms with Crippen molar-refractivity contribution in [2.45, 2.75) is 31.1 Å². The molecule has 2 aromatic carbocycles. The second-order valence-corrected chi connectivity index (χ2v) is 8.50. The minimum atomic E-state index is -3.83. The average Bonchev–Trinajstić information content (AvgIpc) is 2.63. The summed E-state index contributed by atoms with van der Waals surface area (Å²) >= 11 is 6.04. The molecule has 144 valence electrons. The van der Waals surface area contributed by atoms with Crippen molar-refractivity contribution in [3.05, 3.63) is 47.0 Å². The molecule has 1 aliphatic rings. The van der Waals surface area contributed by atoms with Gasteiger partial charge in [0.15, 0.2) is 0 Å². The lowest BCUT2D eigenvalue weighted by Gasteiger charge is -2.28. The summed E-state index contributed by atoms with van der Waals surface area (Å²) in [6.45, 7) is 2.54. The quantitative estimate of drug-likeness (QED) is 0.812. The predicted molar refractivity (Wildman–Crippen MR) is 106 cm³/mol. The standard InChI is InChI=1S/C19H21ClN2O4S/c1-13-6-7-14(11-17(13)22-10-4-3-5-19(22)23)21-27(24,25)15-8-9-18(26-2)16(20)12-15/h6-9,11-12,21H,3-5,10H2,1-2H3. The lowest BCUT2D eigenvalue weighted by atomic mass is 10.1. The summed E-state index contributed by atoms with van der Waals surface area (Å²) in [6, 6.07) is 9.44. The molecule has 0 aliphatic carbocycles. The molecule has 1 aliphatic heterocycles. The van der Waals surface area contributed by atoms with Crippen molar-refractivity contribution in [2.24, 2.45) is 0 Å². The van der Waals surface area contributed by atoms with Gasteiger partial charge in [0, 0.05) is 18.7 Å². The number of benzene rings is 2. The van der Waals surface area contributed by atoms with Crippen LogP contribution in [-0.4, -0.2) is 28.0 Å². The number of amides is 1. The van der Waals surface area contributed by atoms with Gasteiger partial charge in [-0.2, -0.15) is 0 Å². The van der Waals surface area contributed by atoms with E-state index in [4.69, 9.17) is 16.3 Å². The first kappa shape index (κ1) is 19.5. The summed E-state index contributed by atoms with van der Waals surface area (Å²) < 4.78 is 33.0. The topological polar surface area (TPSA) is 75.7 Å². The third-order valence-corrected chi connectivity index (χ3v) is 6.18. The van der Waals surface area contributed by atoms with Crippen LogP contribution < -0.4 is 14.4 Å². The highest BCUT2D eigenvalue weighted by molar-refractivity contribution is 7.92. The molecular formula is C19H21ClN2O4S. The van der Waals surface area contributed by atoms with Crippen LogP contribution in [0.1, 0.15) is 24.8 Å². The van der Waals surface area contributed by atoms with Gasteiger partial charge in [-0.15, -0.1) is 0 Å². The fourth-order valence-corrected chi connectivity index (χ4v) is 4.45. The number of rotatable bonds is 5. The molecule has 0 atom stereocenters. The number of piperidine rings is 1. The largest absolute Gasteiger partial charge is 0.495 e. The van der Waals surface area contributed by atoms with E-state index in [1.807, 2.05) is 6.92 Å². The van der Waals surface area contributed by atoms with Gasteiger partial charge >= 0.3 is 0 Å². The maximum absolute atomic E-state index is 12.7. The summed E-state index contributed by atoms with van der Waals surface area (Å²) in [4.78, 5) is 14.0. The first-order chi connectivity index (χ1) is 12.8. The van der Waals surface area contributed by atoms with Crippen molar-refractivity contribution < 1.29 is 17.9 Å². The van der Waals surface area contributed by atoms with E-state index in [2.05, 4.69) is 4.72 Å². The number of sulfonamides is 1. The summed E-state index contributed by atoms with van der Waals surface area (Å²) in [5, 5.41) is 0.212. The highest BCUT2D eigenvalue weighted by atomic mass is 35.5. The Hall–Kier alpha value is -2.25. The molecule has 0 bridgehead atoms. The molecular weight excluding hydrogens is 388 g/mol. The highest BCUT2D eigenvalue weighted by Gasteiger charge is 2.22. The van der Waals surface area contributed by atoms with Crippen molar-refractivity contribution in [3.8, 4) is 5.75 Å². The van der Waals surface area contributed by atoms with Gasteiger partial charge in [0.25, 0.3) is 10.0 Å². The van der Waals surface area contributed by atoms with Crippen LogP contribution in [0, 0.1) is 6.92 Å². The maximum atomic E-state index is 12.7. The number of ether oxygens (including phenoxy) is 1. The number of nitrogens with one attached hydrogen (secondary N) is 1. The van der Waals surface area contributed by atoms with E-state index >= 15 is 0 Å². The minimum Gasteiger partial charge on any atom is -0.495 e. The molecule has 0 aromatic heterocycles. The number of carbonyl (C=O) groups is 1. The second kappa shape index (κ2) is 7.78. The first-order valence-corrected chi connectivity index (χ1v) is 10.5. The van der Waals surface area contributed by atoms with Crippen LogP contribution in [0.2, 0.25) is 5.02 Å². The van der Waals surface area contributed by atoms with E-state index < -0.39 is 10.0 Å². The molecule has 1 N–H and O–H groups in total. The van der Waals surface area contributed by atoms with Gasteiger partial charge in [-0.25, -0.2) is 8.42 Å². The molecule has 1 fully saturated rings. The Morgan fingerprint density at radius 3 is 2.59 bits per heavy atom. The van der Waals surface area contributed by atoms with E-state index in [1.165, 1.54) is 25.3 Å². The second-order valence-electron chi connectivity index (χ2n) is 6.41. The molecule has 3 rings (SSSR count). The number of halogens is 1. The summed E-state index contributed by atoms with van der Waals surface area (Å²) in [6.07, 6.45) is 2.34. The Morgan fingerprint density at radius 1 is 1.15 bits per heavy atom. The normalized spacial score (nSPS) is 14.9. The Labute approximate surface area is 164 Å². The van der Waals surface area contributed by atoms with Gasteiger partial charge in [0.1, 0.15) is 5.75 Å². The van der Waals surface area contributed by atoms with Crippen LogP contribution >= 0.6 is 11.6 Å². The van der Waals surface area contributed by atoms with Crippen molar-refractivity contribution >= 4 is 38.9 Å². The smallest absolute Gasteiger partial charge is 0.261 e. The van der Waals surface area contributed by atoms with E-state index in [9.17, 15) is 13.2 Å². The fourth-order valence-electron chi connectivity index (χ4n) is 3.05. The van der Waals surface area contributed by atoms with E-state index in [0.717, 1.165) is 24.1 Å². The molecule has 0 saturated carbocycles. The number of nitrogens with zero attached hydrogens (tertiary/aromatic N) is 1. The van der Waals surface area contributed by atoms with Crippen LogP contribution in [0.15, 0.2) is 41.3 Å². The van der Waals surface area contributed by atoms with Gasteiger partial charge in [-0.1, -0.05) is 17.7 Å². The van der Waals surface area contributed by atoms with Crippen LogP contribution in [0.4, 0.5) is 11.4 Å². The lowest BCUT2D eigenvalue weighted by molar-refractivity contribution is -0.119. The van der Waals surface area contributed by atoms with Crippen LogP contribution in [0.5, 0.6) is 5.75 Å². The molecule has 0 unspecified atom stereocenters. The lowest BCUT2D eigenvalue weighted by Crippen LogP contribution is -2.35. The number of anilines is 2. The molecule has 1 heterocycles. The monoisotopic (exact) mass is 408 g/mol. The number of aryl methyl sites for hydroxylation is 1. The van der Waals surface area contributed by atoms with Gasteiger partial charge in [0.2, 0.25) is 5.91 Å². The van der Waals surface area contributed by atoms with Crippen molar-refractivity contribution in [1.82, 2.24) is 0 Å². The number of carbonyl (C=O) groups excluding carboxylic acids is 1. The zero-order valence-electron chi connectivity index (χ0n) is 15.2. The van der Waals surface area contributed by atoms with Gasteiger partial charge < -0.3 is 9.64 Å². The average molecular weight is 409 g/mol. The van der Waals surface area contributed by atoms with Gasteiger partial charge in [-0.3, -0.25) is 9.52 Å². The number of hydrogen-bond acceptors (Lipinski definition) is 4. The molecule has 0 spiro atoms. The van der Waals surface area contributed by atoms with E-state index in [-0.39, 0.29) is 15.8 Å². The molecule has 0 radical (unpaired) electrons.